The Morgan fingerprint density at radius 1 is 1.06 bits per heavy atom. The van der Waals surface area contributed by atoms with Crippen molar-refractivity contribution in [3.05, 3.63) is 94.5 Å². The van der Waals surface area contributed by atoms with Crippen LogP contribution < -0.4 is 14.5 Å². The molecule has 0 bridgehead atoms. The molecule has 0 fully saturated rings. The van der Waals surface area contributed by atoms with E-state index in [2.05, 4.69) is 10.5 Å². The first-order valence-corrected chi connectivity index (χ1v) is 11.0. The third-order valence-corrected chi connectivity index (χ3v) is 6.31. The van der Waals surface area contributed by atoms with Crippen LogP contribution in [0, 0.1) is 10.1 Å². The molecular weight excluding hydrogens is 448 g/mol. The van der Waals surface area contributed by atoms with E-state index in [-0.39, 0.29) is 5.69 Å². The zero-order valence-corrected chi connectivity index (χ0v) is 18.3. The zero-order valence-electron chi connectivity index (χ0n) is 17.5. The smallest absolute Gasteiger partial charge is 0.289 e. The molecule has 1 N–H and O–H groups in total. The first kappa shape index (κ1) is 23.4. The van der Waals surface area contributed by atoms with Gasteiger partial charge in [0.1, 0.15) is 12.3 Å². The van der Waals surface area contributed by atoms with E-state index in [0.29, 0.717) is 11.3 Å². The Labute approximate surface area is 190 Å². The summed E-state index contributed by atoms with van der Waals surface area (Å²) in [6.45, 7) is -0.651. The Hall–Kier alpha value is -4.25. The molecule has 11 heteroatoms. The summed E-state index contributed by atoms with van der Waals surface area (Å²) in [4.78, 5) is 22.7. The highest BCUT2D eigenvalue weighted by Crippen LogP contribution is 2.29. The number of nitrogens with zero attached hydrogens (tertiary/aromatic N) is 3. The van der Waals surface area contributed by atoms with Crippen LogP contribution in [0.2, 0.25) is 0 Å². The van der Waals surface area contributed by atoms with Crippen molar-refractivity contribution in [3.63, 3.8) is 0 Å². The van der Waals surface area contributed by atoms with Crippen LogP contribution in [0.4, 0.5) is 11.4 Å². The summed E-state index contributed by atoms with van der Waals surface area (Å²) in [7, 11) is -2.96. The number of amides is 1. The van der Waals surface area contributed by atoms with Crippen LogP contribution >= 0.6 is 0 Å². The second kappa shape index (κ2) is 10.4. The van der Waals surface area contributed by atoms with E-state index in [1.165, 1.54) is 37.6 Å². The largest absolute Gasteiger partial charge is 0.496 e. The summed E-state index contributed by atoms with van der Waals surface area (Å²) in [5.74, 6) is -0.201. The number of para-hydroxylation sites is 3. The molecule has 3 aromatic carbocycles. The van der Waals surface area contributed by atoms with Crippen LogP contribution in [0.15, 0.2) is 88.9 Å². The highest BCUT2D eigenvalue weighted by Gasteiger charge is 2.33. The maximum absolute atomic E-state index is 13.4. The van der Waals surface area contributed by atoms with Crippen LogP contribution in [-0.2, 0) is 14.8 Å². The Kier molecular flexibility index (Phi) is 7.36. The van der Waals surface area contributed by atoms with Gasteiger partial charge >= 0.3 is 0 Å². The van der Waals surface area contributed by atoms with Crippen molar-refractivity contribution < 1.29 is 22.9 Å². The summed E-state index contributed by atoms with van der Waals surface area (Å²) in [6.07, 6.45) is 1.36. The van der Waals surface area contributed by atoms with Crippen molar-refractivity contribution in [1.29, 1.82) is 0 Å². The monoisotopic (exact) mass is 468 g/mol. The van der Waals surface area contributed by atoms with Crippen LogP contribution in [0.3, 0.4) is 0 Å². The molecule has 0 unspecified atom stereocenters. The number of benzene rings is 3. The molecule has 0 saturated heterocycles. The van der Waals surface area contributed by atoms with Gasteiger partial charge in [0.05, 0.1) is 23.9 Å². The minimum Gasteiger partial charge on any atom is -0.496 e. The SMILES string of the molecule is COc1ccccc1/C=N/NC(=O)CN(c1ccccc1)S(=O)(=O)c1ccccc1[N+](=O)[O-]. The van der Waals surface area contributed by atoms with Crippen LogP contribution in [0.1, 0.15) is 5.56 Å². The normalized spacial score (nSPS) is 11.2. The van der Waals surface area contributed by atoms with E-state index >= 15 is 0 Å². The third-order valence-electron chi connectivity index (χ3n) is 4.49. The molecule has 33 heavy (non-hydrogen) atoms. The topological polar surface area (TPSA) is 131 Å². The number of ether oxygens (including phenoxy) is 1. The van der Waals surface area contributed by atoms with Crippen LogP contribution in [0.25, 0.3) is 0 Å². The number of methoxy groups -OCH3 is 1. The number of nitrogens with one attached hydrogen (secondary N) is 1. The van der Waals surface area contributed by atoms with Crippen molar-refractivity contribution >= 4 is 33.5 Å². The molecule has 0 atom stereocenters. The summed E-state index contributed by atoms with van der Waals surface area (Å²) in [5, 5.41) is 15.3. The molecule has 0 aromatic heterocycles. The molecule has 0 spiro atoms. The molecular formula is C22H20N4O6S. The van der Waals surface area contributed by atoms with Gasteiger partial charge in [0.15, 0.2) is 4.90 Å². The van der Waals surface area contributed by atoms with Crippen LogP contribution in [0.5, 0.6) is 5.75 Å². The minimum absolute atomic E-state index is 0.166. The van der Waals surface area contributed by atoms with Gasteiger partial charge in [0.2, 0.25) is 0 Å². The Bertz CT molecular complexity index is 1280. The van der Waals surface area contributed by atoms with Crippen molar-refractivity contribution in [1.82, 2.24) is 5.43 Å². The minimum atomic E-state index is -4.45. The quantitative estimate of drug-likeness (QED) is 0.292. The molecule has 3 rings (SSSR count). The standard InChI is InChI=1S/C22H20N4O6S/c1-32-20-13-7-5-9-17(20)15-23-24-22(27)16-25(18-10-3-2-4-11-18)33(30,31)21-14-8-6-12-19(21)26(28)29/h2-15H,16H2,1H3,(H,24,27)/b23-15+. The van der Waals surface area contributed by atoms with Crippen molar-refractivity contribution in [2.75, 3.05) is 18.0 Å². The Balaban J connectivity index is 1.89. The molecule has 0 heterocycles. The fourth-order valence-corrected chi connectivity index (χ4v) is 4.55. The summed E-state index contributed by atoms with van der Waals surface area (Å²) in [5.41, 5.74) is 2.46. The molecule has 170 valence electrons. The van der Waals surface area contributed by atoms with Crippen molar-refractivity contribution in [2.24, 2.45) is 5.10 Å². The Morgan fingerprint density at radius 3 is 2.39 bits per heavy atom. The molecule has 10 nitrogen and oxygen atoms in total. The summed E-state index contributed by atoms with van der Waals surface area (Å²) < 4.78 is 32.7. The first-order chi connectivity index (χ1) is 15.8. The number of hydrazone groups is 1. The number of nitro groups is 1. The zero-order chi connectivity index (χ0) is 23.8. The second-order valence-corrected chi connectivity index (χ2v) is 8.44. The van der Waals surface area contributed by atoms with E-state index in [1.54, 1.807) is 42.5 Å². The van der Waals surface area contributed by atoms with E-state index in [9.17, 15) is 23.3 Å². The molecule has 0 aliphatic carbocycles. The highest BCUT2D eigenvalue weighted by atomic mass is 32.2. The number of carbonyl (C=O) groups is 1. The number of nitro benzene ring substituents is 1. The molecule has 0 aliphatic rings. The third kappa shape index (κ3) is 5.52. The lowest BCUT2D eigenvalue weighted by Gasteiger charge is -2.23. The fraction of sp³-hybridized carbons (Fsp3) is 0.0909. The Morgan fingerprint density at radius 2 is 1.70 bits per heavy atom. The van der Waals surface area contributed by atoms with Gasteiger partial charge < -0.3 is 4.74 Å². The molecule has 0 aliphatic heterocycles. The van der Waals surface area contributed by atoms with Gasteiger partial charge in [-0.05, 0) is 30.3 Å². The average molecular weight is 468 g/mol. The van der Waals surface area contributed by atoms with E-state index in [4.69, 9.17) is 4.74 Å². The molecule has 0 radical (unpaired) electrons. The molecule has 1 amide bonds. The van der Waals surface area contributed by atoms with Gasteiger partial charge in [-0.25, -0.2) is 13.8 Å². The van der Waals surface area contributed by atoms with Crippen molar-refractivity contribution in [3.8, 4) is 5.75 Å². The van der Waals surface area contributed by atoms with Crippen LogP contribution in [-0.4, -0.2) is 39.1 Å². The molecule has 0 saturated carbocycles. The van der Waals surface area contributed by atoms with E-state index < -0.39 is 38.0 Å². The average Bonchev–Trinajstić information content (AvgIpc) is 2.83. The van der Waals surface area contributed by atoms with Gasteiger partial charge in [0.25, 0.3) is 21.6 Å². The number of sulfonamides is 1. The lowest BCUT2D eigenvalue weighted by atomic mass is 10.2. The van der Waals surface area contributed by atoms with Gasteiger partial charge in [0, 0.05) is 11.6 Å². The summed E-state index contributed by atoms with van der Waals surface area (Å²) >= 11 is 0. The van der Waals surface area contributed by atoms with Gasteiger partial charge in [-0.3, -0.25) is 19.2 Å². The predicted octanol–water partition coefficient (Wildman–Crippen LogP) is 2.95. The highest BCUT2D eigenvalue weighted by molar-refractivity contribution is 7.93. The number of hydrogen-bond donors (Lipinski definition) is 1. The van der Waals surface area contributed by atoms with Gasteiger partial charge in [-0.15, -0.1) is 0 Å². The molecule has 3 aromatic rings. The lowest BCUT2D eigenvalue weighted by Crippen LogP contribution is -2.39. The number of anilines is 1. The van der Waals surface area contributed by atoms with E-state index in [0.717, 1.165) is 16.4 Å². The second-order valence-electron chi connectivity index (χ2n) is 6.61. The predicted molar refractivity (Wildman–Crippen MR) is 123 cm³/mol. The van der Waals surface area contributed by atoms with Gasteiger partial charge in [-0.2, -0.15) is 5.10 Å². The fourth-order valence-electron chi connectivity index (χ4n) is 2.97. The number of hydrogen-bond acceptors (Lipinski definition) is 7. The van der Waals surface area contributed by atoms with Crippen molar-refractivity contribution in [2.45, 2.75) is 4.90 Å². The van der Waals surface area contributed by atoms with E-state index in [1.807, 2.05) is 0 Å². The van der Waals surface area contributed by atoms with Gasteiger partial charge in [-0.1, -0.05) is 42.5 Å². The number of rotatable bonds is 9. The summed E-state index contributed by atoms with van der Waals surface area (Å²) in [6, 6.07) is 19.8. The number of carbonyl (C=O) groups excluding carboxylic acids is 1. The maximum Gasteiger partial charge on any atom is 0.289 e. The first-order valence-electron chi connectivity index (χ1n) is 9.60. The lowest BCUT2D eigenvalue weighted by molar-refractivity contribution is -0.387. The maximum atomic E-state index is 13.4.